The van der Waals surface area contributed by atoms with Gasteiger partial charge in [0.25, 0.3) is 5.91 Å². The van der Waals surface area contributed by atoms with Gasteiger partial charge in [-0.25, -0.2) is 10.1 Å². The fraction of sp³-hybridized carbons (Fsp3) is 0.333. The van der Waals surface area contributed by atoms with Crippen molar-refractivity contribution in [2.45, 2.75) is 39.8 Å². The molecule has 0 atom stereocenters. The summed E-state index contributed by atoms with van der Waals surface area (Å²) in [6.45, 7) is 6.71. The summed E-state index contributed by atoms with van der Waals surface area (Å²) >= 11 is 5.93. The molecule has 0 unspecified atom stereocenters. The number of hydrogen-bond donors (Lipinski definition) is 2. The van der Waals surface area contributed by atoms with Crippen molar-refractivity contribution in [3.8, 4) is 11.6 Å². The summed E-state index contributed by atoms with van der Waals surface area (Å²) in [6, 6.07) is 15.0. The van der Waals surface area contributed by atoms with Crippen LogP contribution in [0.5, 0.6) is 5.75 Å². The fourth-order valence-electron chi connectivity index (χ4n) is 4.35. The van der Waals surface area contributed by atoms with Crippen molar-refractivity contribution in [3.05, 3.63) is 76.1 Å². The summed E-state index contributed by atoms with van der Waals surface area (Å²) in [5, 5.41) is 20.7. The number of aromatic nitrogens is 5. The van der Waals surface area contributed by atoms with Gasteiger partial charge < -0.3 is 10.5 Å². The number of ether oxygens (including phenoxy) is 1. The minimum Gasteiger partial charge on any atom is -0.489 e. The van der Waals surface area contributed by atoms with Gasteiger partial charge in [0.15, 0.2) is 5.69 Å². The van der Waals surface area contributed by atoms with E-state index in [0.29, 0.717) is 41.2 Å². The molecule has 0 saturated carbocycles. The standard InChI is InChI=1S/C27H30ClN9O3/c1-17-11-13-36(14-12-17)15-23-24(31-35-37(23)26-25(29)33-40-34-26)27(38)32-30-18(2)20-5-9-22(10-6-20)39-16-19-3-7-21(28)8-4-19/h3-10,17H,11-16H2,1-2H3,(H2,29,33)(H,32,38)/b30-18+. The number of hydrazone groups is 1. The Morgan fingerprint density at radius 3 is 2.55 bits per heavy atom. The second kappa shape index (κ2) is 12.3. The normalized spacial score (nSPS) is 14.8. The highest BCUT2D eigenvalue weighted by molar-refractivity contribution is 6.30. The van der Waals surface area contributed by atoms with E-state index in [1.165, 1.54) is 4.68 Å². The Hall–Kier alpha value is -4.29. The fourth-order valence-corrected chi connectivity index (χ4v) is 4.48. The highest BCUT2D eigenvalue weighted by Crippen LogP contribution is 2.22. The van der Waals surface area contributed by atoms with Crippen LogP contribution in [0.15, 0.2) is 58.3 Å². The number of nitrogens with two attached hydrogens (primary N) is 1. The summed E-state index contributed by atoms with van der Waals surface area (Å²) in [6.07, 6.45) is 2.15. The van der Waals surface area contributed by atoms with Crippen molar-refractivity contribution >= 4 is 29.0 Å². The minimum absolute atomic E-state index is 0.0554. The number of benzene rings is 2. The molecule has 4 aromatic rings. The van der Waals surface area contributed by atoms with E-state index in [4.69, 9.17) is 26.7 Å². The predicted molar refractivity (Wildman–Crippen MR) is 149 cm³/mol. The van der Waals surface area contributed by atoms with Crippen molar-refractivity contribution in [3.63, 3.8) is 0 Å². The summed E-state index contributed by atoms with van der Waals surface area (Å²) in [5.74, 6) is 1.12. The number of anilines is 1. The maximum Gasteiger partial charge on any atom is 0.293 e. The molecule has 13 heteroatoms. The van der Waals surface area contributed by atoms with E-state index < -0.39 is 5.91 Å². The van der Waals surface area contributed by atoms with Crippen molar-refractivity contribution in [2.24, 2.45) is 11.0 Å². The number of amides is 1. The Balaban J connectivity index is 1.27. The van der Waals surface area contributed by atoms with Crippen LogP contribution in [0.25, 0.3) is 5.82 Å². The number of hydrogen-bond acceptors (Lipinski definition) is 10. The van der Waals surface area contributed by atoms with E-state index in [2.05, 4.69) is 43.0 Å². The molecule has 1 saturated heterocycles. The van der Waals surface area contributed by atoms with Crippen LogP contribution in [0.1, 0.15) is 54.0 Å². The van der Waals surface area contributed by atoms with Gasteiger partial charge in [-0.3, -0.25) is 9.69 Å². The lowest BCUT2D eigenvalue weighted by Gasteiger charge is -2.30. The van der Waals surface area contributed by atoms with Crippen LogP contribution < -0.4 is 15.9 Å². The topological polar surface area (TPSA) is 150 Å². The molecular weight excluding hydrogens is 534 g/mol. The number of nitrogens with one attached hydrogen (secondary N) is 1. The lowest BCUT2D eigenvalue weighted by molar-refractivity contribution is 0.0946. The van der Waals surface area contributed by atoms with Crippen LogP contribution in [-0.2, 0) is 13.2 Å². The van der Waals surface area contributed by atoms with Crippen molar-refractivity contribution in [2.75, 3.05) is 18.8 Å². The Bertz CT molecular complexity index is 1470. The molecule has 1 aliphatic rings. The highest BCUT2D eigenvalue weighted by Gasteiger charge is 2.27. The van der Waals surface area contributed by atoms with Gasteiger partial charge in [0.05, 0.1) is 11.4 Å². The van der Waals surface area contributed by atoms with Gasteiger partial charge >= 0.3 is 0 Å². The Morgan fingerprint density at radius 2 is 1.88 bits per heavy atom. The summed E-state index contributed by atoms with van der Waals surface area (Å²) < 4.78 is 12.0. The molecule has 0 radical (unpaired) electrons. The predicted octanol–water partition coefficient (Wildman–Crippen LogP) is 3.85. The number of likely N-dealkylation sites (tertiary alicyclic amines) is 1. The molecule has 1 fully saturated rings. The van der Waals surface area contributed by atoms with Crippen LogP contribution in [-0.4, -0.2) is 54.9 Å². The molecule has 5 rings (SSSR count). The van der Waals surface area contributed by atoms with Crippen LogP contribution in [0, 0.1) is 5.92 Å². The molecule has 0 aliphatic carbocycles. The van der Waals surface area contributed by atoms with Gasteiger partial charge in [-0.05, 0) is 96.6 Å². The smallest absolute Gasteiger partial charge is 0.293 e. The zero-order valence-corrected chi connectivity index (χ0v) is 23.0. The molecule has 1 amide bonds. The molecular formula is C27H30ClN9O3. The summed E-state index contributed by atoms with van der Waals surface area (Å²) in [5.41, 5.74) is 11.6. The van der Waals surface area contributed by atoms with Gasteiger partial charge in [-0.15, -0.1) is 5.10 Å². The van der Waals surface area contributed by atoms with Gasteiger partial charge in [-0.2, -0.15) is 9.78 Å². The monoisotopic (exact) mass is 563 g/mol. The molecule has 12 nitrogen and oxygen atoms in total. The number of nitrogens with zero attached hydrogens (tertiary/aromatic N) is 7. The zero-order chi connectivity index (χ0) is 28.1. The lowest BCUT2D eigenvalue weighted by atomic mass is 9.99. The molecule has 2 aromatic heterocycles. The molecule has 1 aliphatic heterocycles. The van der Waals surface area contributed by atoms with E-state index in [-0.39, 0.29) is 17.3 Å². The second-order valence-corrected chi connectivity index (χ2v) is 10.2. The second-order valence-electron chi connectivity index (χ2n) is 9.81. The van der Waals surface area contributed by atoms with Crippen LogP contribution in [0.4, 0.5) is 5.82 Å². The van der Waals surface area contributed by atoms with Gasteiger partial charge in [0.2, 0.25) is 11.6 Å². The molecule has 3 heterocycles. The van der Waals surface area contributed by atoms with E-state index in [0.717, 1.165) is 37.1 Å². The molecule has 3 N–H and O–H groups in total. The molecule has 2 aromatic carbocycles. The summed E-state index contributed by atoms with van der Waals surface area (Å²) in [4.78, 5) is 15.4. The number of halogens is 1. The Kier molecular flexibility index (Phi) is 8.37. The highest BCUT2D eigenvalue weighted by atomic mass is 35.5. The first-order valence-electron chi connectivity index (χ1n) is 12.9. The molecule has 208 valence electrons. The van der Waals surface area contributed by atoms with E-state index >= 15 is 0 Å². The van der Waals surface area contributed by atoms with Crippen LogP contribution >= 0.6 is 11.6 Å². The zero-order valence-electron chi connectivity index (χ0n) is 22.2. The van der Waals surface area contributed by atoms with E-state index in [1.807, 2.05) is 48.5 Å². The average Bonchev–Trinajstić information content (AvgIpc) is 3.58. The maximum atomic E-state index is 13.2. The molecule has 0 spiro atoms. The number of piperidine rings is 1. The van der Waals surface area contributed by atoms with Crippen molar-refractivity contribution < 1.29 is 14.2 Å². The van der Waals surface area contributed by atoms with Crippen LogP contribution in [0.2, 0.25) is 5.02 Å². The largest absolute Gasteiger partial charge is 0.489 e. The van der Waals surface area contributed by atoms with Crippen molar-refractivity contribution in [1.82, 2.24) is 35.6 Å². The first-order chi connectivity index (χ1) is 19.4. The van der Waals surface area contributed by atoms with Crippen LogP contribution in [0.3, 0.4) is 0 Å². The molecule has 40 heavy (non-hydrogen) atoms. The first-order valence-corrected chi connectivity index (χ1v) is 13.3. The van der Waals surface area contributed by atoms with E-state index in [1.54, 1.807) is 6.92 Å². The maximum absolute atomic E-state index is 13.2. The Labute approximate surface area is 236 Å². The number of rotatable bonds is 9. The third kappa shape index (κ3) is 6.46. The Morgan fingerprint density at radius 1 is 1.15 bits per heavy atom. The number of carbonyl (C=O) groups excluding carboxylic acids is 1. The number of carbonyl (C=O) groups is 1. The van der Waals surface area contributed by atoms with E-state index in [9.17, 15) is 4.79 Å². The van der Waals surface area contributed by atoms with Gasteiger partial charge in [0, 0.05) is 11.6 Å². The van der Waals surface area contributed by atoms with Gasteiger partial charge in [0.1, 0.15) is 12.4 Å². The quantitative estimate of drug-likeness (QED) is 0.228. The van der Waals surface area contributed by atoms with Crippen molar-refractivity contribution in [1.29, 1.82) is 0 Å². The lowest BCUT2D eigenvalue weighted by Crippen LogP contribution is -2.34. The minimum atomic E-state index is -0.496. The number of nitrogen functional groups attached to an aromatic ring is 1. The summed E-state index contributed by atoms with van der Waals surface area (Å²) in [7, 11) is 0. The third-order valence-corrected chi connectivity index (χ3v) is 7.09. The first kappa shape index (κ1) is 27.3. The van der Waals surface area contributed by atoms with Gasteiger partial charge in [-0.1, -0.05) is 35.9 Å². The average molecular weight is 564 g/mol. The SMILES string of the molecule is C/C(=N\NC(=O)c1nnn(-c2nonc2N)c1CN1CCC(C)CC1)c1ccc(OCc2ccc(Cl)cc2)cc1. The molecule has 0 bridgehead atoms. The third-order valence-electron chi connectivity index (χ3n) is 6.84.